The van der Waals surface area contributed by atoms with Crippen LogP contribution in [-0.2, 0) is 0 Å². The molecular weight excluding hydrogens is 639 g/mol. The molecule has 1 heteroatoms. The maximum absolute atomic E-state index is 4.46. The Bertz CT molecular complexity index is 2060. The number of fused-ring (bicyclic) bond motifs is 3. The Hall–Kier alpha value is -4.62. The van der Waals surface area contributed by atoms with Crippen LogP contribution in [-0.4, -0.2) is 6.04 Å². The van der Waals surface area contributed by atoms with Gasteiger partial charge in [-0.3, -0.25) is 0 Å². The van der Waals surface area contributed by atoms with E-state index in [9.17, 15) is 0 Å². The first kappa shape index (κ1) is 35.4. The lowest BCUT2D eigenvalue weighted by atomic mass is 9.64. The van der Waals surface area contributed by atoms with E-state index in [0.717, 1.165) is 69.8 Å². The molecule has 1 nitrogen and oxygen atoms in total. The van der Waals surface area contributed by atoms with Gasteiger partial charge in [0.1, 0.15) is 0 Å². The zero-order valence-corrected chi connectivity index (χ0v) is 32.2. The van der Waals surface area contributed by atoms with Gasteiger partial charge >= 0.3 is 0 Å². The second kappa shape index (κ2) is 15.8. The summed E-state index contributed by atoms with van der Waals surface area (Å²) in [5, 5.41) is 3.85. The molecule has 0 radical (unpaired) electrons. The van der Waals surface area contributed by atoms with Crippen LogP contribution in [0.4, 0.5) is 0 Å². The van der Waals surface area contributed by atoms with Crippen molar-refractivity contribution in [1.29, 1.82) is 0 Å². The molecule has 270 valence electrons. The fourth-order valence-corrected chi connectivity index (χ4v) is 10.0. The SMILES string of the molecule is C=C/C=C\C(C(=C)C)=C(\C1=CCCC=C1CC1=CC=C(C2=C3C=CCCC3=C(C3=CC4=CC=CCC4C=C3)C3=CCCCC32)CC1)C1CCC=C(C)N1. The summed E-state index contributed by atoms with van der Waals surface area (Å²) in [5.41, 5.74) is 21.9. The number of nitrogens with one attached hydrogen (secondary N) is 1. The van der Waals surface area contributed by atoms with Crippen LogP contribution < -0.4 is 5.32 Å². The third kappa shape index (κ3) is 7.20. The minimum atomic E-state index is 0.270. The summed E-state index contributed by atoms with van der Waals surface area (Å²) < 4.78 is 0. The molecule has 0 aromatic carbocycles. The van der Waals surface area contributed by atoms with E-state index in [4.69, 9.17) is 0 Å². The lowest BCUT2D eigenvalue weighted by Gasteiger charge is -2.40. The highest BCUT2D eigenvalue weighted by molar-refractivity contribution is 5.72. The van der Waals surface area contributed by atoms with Crippen LogP contribution in [0.5, 0.6) is 0 Å². The lowest BCUT2D eigenvalue weighted by Crippen LogP contribution is -2.34. The van der Waals surface area contributed by atoms with Crippen LogP contribution in [0.25, 0.3) is 0 Å². The summed E-state index contributed by atoms with van der Waals surface area (Å²) in [6.45, 7) is 12.8. The zero-order chi connectivity index (χ0) is 36.3. The van der Waals surface area contributed by atoms with E-state index < -0.39 is 0 Å². The Balaban J connectivity index is 1.14. The van der Waals surface area contributed by atoms with Crippen LogP contribution in [0.15, 0.2) is 200 Å². The summed E-state index contributed by atoms with van der Waals surface area (Å²) in [6.07, 6.45) is 55.2. The summed E-state index contributed by atoms with van der Waals surface area (Å²) >= 11 is 0. The zero-order valence-electron chi connectivity index (χ0n) is 32.2. The minimum absolute atomic E-state index is 0.270. The molecule has 0 bridgehead atoms. The highest BCUT2D eigenvalue weighted by atomic mass is 14.9. The fourth-order valence-electron chi connectivity index (χ4n) is 10.0. The van der Waals surface area contributed by atoms with Gasteiger partial charge in [0.25, 0.3) is 0 Å². The van der Waals surface area contributed by atoms with Crippen molar-refractivity contribution in [3.8, 4) is 0 Å². The third-order valence-corrected chi connectivity index (χ3v) is 12.5. The quantitative estimate of drug-likeness (QED) is 0.237. The summed E-state index contributed by atoms with van der Waals surface area (Å²) in [4.78, 5) is 0. The molecule has 0 aromatic heterocycles. The van der Waals surface area contributed by atoms with Gasteiger partial charge in [0.15, 0.2) is 0 Å². The maximum atomic E-state index is 4.46. The van der Waals surface area contributed by atoms with Crippen molar-refractivity contribution in [2.45, 2.75) is 103 Å². The van der Waals surface area contributed by atoms with Gasteiger partial charge in [-0.2, -0.15) is 0 Å². The topological polar surface area (TPSA) is 12.0 Å². The monoisotopic (exact) mass is 695 g/mol. The molecule has 8 rings (SSSR count). The Morgan fingerprint density at radius 3 is 2.66 bits per heavy atom. The van der Waals surface area contributed by atoms with Crippen LogP contribution in [0.2, 0.25) is 0 Å². The molecule has 0 aromatic rings. The molecular formula is C52H57N. The second-order valence-corrected chi connectivity index (χ2v) is 16.1. The first-order valence-electron chi connectivity index (χ1n) is 20.5. The lowest BCUT2D eigenvalue weighted by molar-refractivity contribution is 0.565. The standard InChI is InChI=1S/C52H57N/c1-5-6-20-43(35(2)3)52(49-26-15-16-36(4)53-49)44-21-10-9-19-41(44)33-37-27-29-39(30-28-37)50-45-22-11-13-24-47(45)51(48-25-14-12-23-46(48)50)42-32-31-38-17-7-8-18-40(38)34-42/h5-8,11,16,18-22,25,27,29,31-32,34,38,46,49,53H,1-2,9-10,12-15,17,23-24,26,28,30,33H2,3-4H3/b20-6-,52-43+. The van der Waals surface area contributed by atoms with Crippen LogP contribution in [0, 0.1) is 11.8 Å². The maximum Gasteiger partial charge on any atom is 0.0525 e. The molecule has 7 aliphatic carbocycles. The molecule has 1 N–H and O–H groups in total. The molecule has 0 amide bonds. The van der Waals surface area contributed by atoms with E-state index in [-0.39, 0.29) is 6.04 Å². The van der Waals surface area contributed by atoms with E-state index in [1.165, 1.54) is 64.0 Å². The molecule has 3 atom stereocenters. The van der Waals surface area contributed by atoms with Crippen LogP contribution >= 0.6 is 0 Å². The van der Waals surface area contributed by atoms with Gasteiger partial charge in [-0.1, -0.05) is 128 Å². The van der Waals surface area contributed by atoms with Crippen molar-refractivity contribution >= 4 is 0 Å². The van der Waals surface area contributed by atoms with Crippen molar-refractivity contribution in [3.05, 3.63) is 200 Å². The van der Waals surface area contributed by atoms with Gasteiger partial charge in [-0.25, -0.2) is 0 Å². The number of rotatable bonds is 9. The summed E-state index contributed by atoms with van der Waals surface area (Å²) in [5.74, 6) is 1.02. The fraction of sp³-hybridized carbons (Fsp3) is 0.346. The number of allylic oxidation sites excluding steroid dienone is 30. The van der Waals surface area contributed by atoms with Crippen molar-refractivity contribution in [3.63, 3.8) is 0 Å². The number of hydrogen-bond donors (Lipinski definition) is 1. The number of hydrogen-bond acceptors (Lipinski definition) is 1. The first-order valence-corrected chi connectivity index (χ1v) is 20.5. The third-order valence-electron chi connectivity index (χ3n) is 12.5. The van der Waals surface area contributed by atoms with Gasteiger partial charge in [0, 0.05) is 17.5 Å². The highest BCUT2D eigenvalue weighted by Gasteiger charge is 2.37. The Kier molecular flexibility index (Phi) is 10.5. The van der Waals surface area contributed by atoms with E-state index in [1.807, 2.05) is 6.08 Å². The van der Waals surface area contributed by atoms with E-state index >= 15 is 0 Å². The smallest absolute Gasteiger partial charge is 0.0525 e. The molecule has 3 unspecified atom stereocenters. The van der Waals surface area contributed by atoms with Crippen LogP contribution in [0.3, 0.4) is 0 Å². The van der Waals surface area contributed by atoms with Gasteiger partial charge in [-0.15, -0.1) is 0 Å². The molecule has 0 fully saturated rings. The highest BCUT2D eigenvalue weighted by Crippen LogP contribution is 2.53. The van der Waals surface area contributed by atoms with E-state index in [0.29, 0.717) is 11.8 Å². The van der Waals surface area contributed by atoms with Crippen molar-refractivity contribution in [2.24, 2.45) is 11.8 Å². The average Bonchev–Trinajstić information content (AvgIpc) is 3.19. The molecule has 8 aliphatic rings. The molecule has 0 saturated heterocycles. The van der Waals surface area contributed by atoms with Gasteiger partial charge in [0.2, 0.25) is 0 Å². The predicted octanol–water partition coefficient (Wildman–Crippen LogP) is 13.6. The average molecular weight is 696 g/mol. The van der Waals surface area contributed by atoms with Crippen molar-refractivity contribution in [2.75, 3.05) is 0 Å². The summed E-state index contributed by atoms with van der Waals surface area (Å²) in [6, 6.07) is 0.270. The Labute approximate surface area is 319 Å². The molecule has 1 heterocycles. The van der Waals surface area contributed by atoms with Crippen molar-refractivity contribution < 1.29 is 0 Å². The predicted molar refractivity (Wildman–Crippen MR) is 227 cm³/mol. The molecule has 0 spiro atoms. The second-order valence-electron chi connectivity index (χ2n) is 16.1. The minimum Gasteiger partial charge on any atom is -0.382 e. The normalized spacial score (nSPS) is 27.1. The molecule has 0 saturated carbocycles. The van der Waals surface area contributed by atoms with Gasteiger partial charge in [0.05, 0.1) is 6.04 Å². The Morgan fingerprint density at radius 1 is 0.925 bits per heavy atom. The van der Waals surface area contributed by atoms with Gasteiger partial charge in [-0.05, 0) is 164 Å². The van der Waals surface area contributed by atoms with Crippen LogP contribution in [0.1, 0.15) is 97.3 Å². The Morgan fingerprint density at radius 2 is 1.83 bits per heavy atom. The first-order chi connectivity index (χ1) is 26.0. The van der Waals surface area contributed by atoms with Crippen molar-refractivity contribution in [1.82, 2.24) is 5.32 Å². The summed E-state index contributed by atoms with van der Waals surface area (Å²) in [7, 11) is 0. The van der Waals surface area contributed by atoms with E-state index in [2.05, 4.69) is 130 Å². The molecule has 53 heavy (non-hydrogen) atoms. The van der Waals surface area contributed by atoms with Gasteiger partial charge < -0.3 is 5.32 Å². The largest absolute Gasteiger partial charge is 0.382 e. The van der Waals surface area contributed by atoms with E-state index in [1.54, 1.807) is 33.4 Å². The molecule has 1 aliphatic heterocycles.